The highest BCUT2D eigenvalue weighted by atomic mass is 28.4. The normalized spacial score (nSPS) is 12.0. The standard InChI is InChI=1S/C16H36O4Si/c1-2-3-4-5-6-7-8-9-10-11-12-13-14-15-16-20-21(17,18)19/h17-19H,2-16H2,1H3. The topological polar surface area (TPSA) is 69.9 Å². The van der Waals surface area contributed by atoms with Crippen LogP contribution >= 0.6 is 0 Å². The summed E-state index contributed by atoms with van der Waals surface area (Å²) in [6.07, 6.45) is 18.0. The van der Waals surface area contributed by atoms with E-state index in [0.29, 0.717) is 0 Å². The fourth-order valence-electron chi connectivity index (χ4n) is 2.51. The van der Waals surface area contributed by atoms with Gasteiger partial charge >= 0.3 is 9.05 Å². The van der Waals surface area contributed by atoms with Crippen molar-refractivity contribution in [3.63, 3.8) is 0 Å². The summed E-state index contributed by atoms with van der Waals surface area (Å²) in [5.41, 5.74) is 0. The fraction of sp³-hybridized carbons (Fsp3) is 1.00. The number of hydrogen-bond acceptors (Lipinski definition) is 4. The molecular formula is C16H36O4Si. The van der Waals surface area contributed by atoms with Crippen LogP contribution in [-0.4, -0.2) is 30.0 Å². The summed E-state index contributed by atoms with van der Waals surface area (Å²) >= 11 is 0. The van der Waals surface area contributed by atoms with Gasteiger partial charge in [0.25, 0.3) is 0 Å². The van der Waals surface area contributed by atoms with Crippen LogP contribution in [-0.2, 0) is 4.43 Å². The van der Waals surface area contributed by atoms with E-state index in [2.05, 4.69) is 11.3 Å². The molecule has 21 heavy (non-hydrogen) atoms. The van der Waals surface area contributed by atoms with Gasteiger partial charge in [0, 0.05) is 6.61 Å². The molecule has 0 aliphatic heterocycles. The van der Waals surface area contributed by atoms with Crippen LogP contribution in [0.5, 0.6) is 0 Å². The summed E-state index contributed by atoms with van der Waals surface area (Å²) in [5, 5.41) is 0. The van der Waals surface area contributed by atoms with Crippen LogP contribution in [0.4, 0.5) is 0 Å². The van der Waals surface area contributed by atoms with E-state index in [-0.39, 0.29) is 6.61 Å². The van der Waals surface area contributed by atoms with Crippen molar-refractivity contribution in [2.75, 3.05) is 6.61 Å². The molecule has 0 aromatic carbocycles. The molecule has 0 aromatic heterocycles. The summed E-state index contributed by atoms with van der Waals surface area (Å²) in [6, 6.07) is 0. The highest BCUT2D eigenvalue weighted by Crippen LogP contribution is 2.12. The van der Waals surface area contributed by atoms with Crippen LogP contribution in [0.15, 0.2) is 0 Å². The van der Waals surface area contributed by atoms with Gasteiger partial charge in [0.05, 0.1) is 0 Å². The first-order chi connectivity index (χ1) is 10.1. The quantitative estimate of drug-likeness (QED) is 0.298. The Bertz CT molecular complexity index is 207. The molecule has 0 aliphatic rings. The number of rotatable bonds is 16. The maximum atomic E-state index is 8.65. The van der Waals surface area contributed by atoms with Crippen LogP contribution < -0.4 is 0 Å². The zero-order valence-corrected chi connectivity index (χ0v) is 14.9. The lowest BCUT2D eigenvalue weighted by atomic mass is 10.0. The maximum Gasteiger partial charge on any atom is 0.671 e. The van der Waals surface area contributed by atoms with Gasteiger partial charge in [-0.05, 0) is 6.42 Å². The Hall–Kier alpha value is 0.0569. The number of hydrogen-bond donors (Lipinski definition) is 3. The van der Waals surface area contributed by atoms with Crippen LogP contribution in [0, 0.1) is 0 Å². The van der Waals surface area contributed by atoms with Gasteiger partial charge in [0.2, 0.25) is 0 Å². The van der Waals surface area contributed by atoms with E-state index in [1.165, 1.54) is 70.6 Å². The molecule has 0 amide bonds. The summed E-state index contributed by atoms with van der Waals surface area (Å²) in [5.74, 6) is 0. The molecule has 0 saturated carbocycles. The van der Waals surface area contributed by atoms with Crippen molar-refractivity contribution in [2.45, 2.75) is 96.8 Å². The smallest absolute Gasteiger partial charge is 0.368 e. The number of unbranched alkanes of at least 4 members (excludes halogenated alkanes) is 13. The predicted octanol–water partition coefficient (Wildman–Crippen LogP) is 3.90. The third kappa shape index (κ3) is 20.1. The third-order valence-electron chi connectivity index (χ3n) is 3.79. The van der Waals surface area contributed by atoms with Crippen LogP contribution in [0.1, 0.15) is 96.8 Å². The molecule has 0 aliphatic carbocycles. The first kappa shape index (κ1) is 21.1. The molecule has 0 heterocycles. The Labute approximate surface area is 132 Å². The highest BCUT2D eigenvalue weighted by molar-refractivity contribution is 6.48. The molecule has 0 spiro atoms. The average molecular weight is 321 g/mol. The second kappa shape index (κ2) is 15.0. The second-order valence-corrected chi connectivity index (χ2v) is 7.45. The lowest BCUT2D eigenvalue weighted by Gasteiger charge is -2.09. The molecule has 0 atom stereocenters. The lowest BCUT2D eigenvalue weighted by Crippen LogP contribution is -2.39. The molecule has 0 rings (SSSR count). The van der Waals surface area contributed by atoms with Crippen molar-refractivity contribution in [1.82, 2.24) is 0 Å². The molecule has 3 N–H and O–H groups in total. The zero-order valence-electron chi connectivity index (χ0n) is 13.9. The van der Waals surface area contributed by atoms with Gasteiger partial charge in [-0.3, -0.25) is 0 Å². The van der Waals surface area contributed by atoms with Crippen molar-refractivity contribution in [3.8, 4) is 0 Å². The largest absolute Gasteiger partial charge is 0.671 e. The SMILES string of the molecule is CCCCCCCCCCCCCCCCO[Si](O)(O)O. The van der Waals surface area contributed by atoms with Gasteiger partial charge in [-0.2, -0.15) is 0 Å². The molecular weight excluding hydrogens is 284 g/mol. The second-order valence-electron chi connectivity index (χ2n) is 6.02. The van der Waals surface area contributed by atoms with Gasteiger partial charge in [-0.15, -0.1) is 0 Å². The molecule has 0 unspecified atom stereocenters. The Morgan fingerprint density at radius 2 is 0.905 bits per heavy atom. The van der Waals surface area contributed by atoms with Gasteiger partial charge in [0.1, 0.15) is 0 Å². The van der Waals surface area contributed by atoms with E-state index >= 15 is 0 Å². The summed E-state index contributed by atoms with van der Waals surface area (Å²) in [6.45, 7) is 2.50. The molecule has 0 fully saturated rings. The minimum Gasteiger partial charge on any atom is -0.368 e. The summed E-state index contributed by atoms with van der Waals surface area (Å²) < 4.78 is 4.54. The Balaban J connectivity index is 3.00. The Kier molecular flexibility index (Phi) is 15.0. The first-order valence-corrected chi connectivity index (χ1v) is 10.6. The van der Waals surface area contributed by atoms with E-state index in [1.807, 2.05) is 0 Å². The van der Waals surface area contributed by atoms with E-state index in [4.69, 9.17) is 14.4 Å². The first-order valence-electron chi connectivity index (χ1n) is 8.87. The minimum absolute atomic E-state index is 0.244. The van der Waals surface area contributed by atoms with E-state index < -0.39 is 9.05 Å². The van der Waals surface area contributed by atoms with Gasteiger partial charge in [0.15, 0.2) is 0 Å². The molecule has 4 nitrogen and oxygen atoms in total. The molecule has 5 heteroatoms. The fourth-order valence-corrected chi connectivity index (χ4v) is 2.92. The highest BCUT2D eigenvalue weighted by Gasteiger charge is 2.29. The minimum atomic E-state index is -4.26. The summed E-state index contributed by atoms with van der Waals surface area (Å²) in [4.78, 5) is 25.9. The predicted molar refractivity (Wildman–Crippen MR) is 88.7 cm³/mol. The van der Waals surface area contributed by atoms with Crippen LogP contribution in [0.2, 0.25) is 0 Å². The van der Waals surface area contributed by atoms with Crippen molar-refractivity contribution < 1.29 is 18.8 Å². The van der Waals surface area contributed by atoms with Crippen molar-refractivity contribution in [1.29, 1.82) is 0 Å². The molecule has 0 radical (unpaired) electrons. The molecule has 0 saturated heterocycles. The van der Waals surface area contributed by atoms with Gasteiger partial charge in [-0.1, -0.05) is 90.4 Å². The van der Waals surface area contributed by atoms with E-state index in [9.17, 15) is 0 Å². The Morgan fingerprint density at radius 1 is 0.571 bits per heavy atom. The van der Waals surface area contributed by atoms with E-state index in [0.717, 1.165) is 19.3 Å². The molecule has 0 bridgehead atoms. The van der Waals surface area contributed by atoms with Gasteiger partial charge in [-0.25, -0.2) is 0 Å². The van der Waals surface area contributed by atoms with Crippen molar-refractivity contribution >= 4 is 9.05 Å². The van der Waals surface area contributed by atoms with Crippen molar-refractivity contribution in [3.05, 3.63) is 0 Å². The monoisotopic (exact) mass is 320 g/mol. The van der Waals surface area contributed by atoms with Gasteiger partial charge < -0.3 is 18.8 Å². The third-order valence-corrected chi connectivity index (χ3v) is 4.39. The maximum absolute atomic E-state index is 8.65. The molecule has 0 aromatic rings. The summed E-state index contributed by atoms with van der Waals surface area (Å²) in [7, 11) is -4.26. The zero-order chi connectivity index (χ0) is 15.8. The Morgan fingerprint density at radius 3 is 1.24 bits per heavy atom. The molecule has 128 valence electrons. The van der Waals surface area contributed by atoms with Crippen molar-refractivity contribution in [2.24, 2.45) is 0 Å². The lowest BCUT2D eigenvalue weighted by molar-refractivity contribution is 0.0618. The van der Waals surface area contributed by atoms with Crippen LogP contribution in [0.3, 0.4) is 0 Å². The van der Waals surface area contributed by atoms with Crippen LogP contribution in [0.25, 0.3) is 0 Å². The van der Waals surface area contributed by atoms with E-state index in [1.54, 1.807) is 0 Å². The average Bonchev–Trinajstić information content (AvgIpc) is 2.42.